The topological polar surface area (TPSA) is 60.4 Å². The van der Waals surface area contributed by atoms with E-state index in [0.29, 0.717) is 0 Å². The van der Waals surface area contributed by atoms with Crippen LogP contribution in [0.5, 0.6) is 0 Å². The lowest BCUT2D eigenvalue weighted by atomic mass is 9.85. The summed E-state index contributed by atoms with van der Waals surface area (Å²) in [4.78, 5) is 37.6. The molecule has 1 aromatic carbocycles. The van der Waals surface area contributed by atoms with Crippen LogP contribution in [0.1, 0.15) is 53.9 Å². The molecule has 1 aromatic rings. The predicted molar refractivity (Wildman–Crippen MR) is 95.0 cm³/mol. The minimum Gasteiger partial charge on any atom is -0.375 e. The first-order valence-electron chi connectivity index (χ1n) is 9.13. The molecule has 1 aliphatic carbocycles. The summed E-state index contributed by atoms with van der Waals surface area (Å²) >= 11 is 0. The summed E-state index contributed by atoms with van der Waals surface area (Å²) in [5.74, 6) is -1.77. The normalized spacial score (nSPS) is 24.6. The number of halogens is 1. The fourth-order valence-corrected chi connectivity index (χ4v) is 4.19. The quantitative estimate of drug-likeness (QED) is 0.730. The number of Topliss-reactive ketones (excluding diaryl/α,β-unsaturated/α-hetero) is 3. The third kappa shape index (κ3) is 3.63. The first kappa shape index (κ1) is 18.9. The van der Waals surface area contributed by atoms with Gasteiger partial charge in [0.15, 0.2) is 11.5 Å². The molecule has 1 heterocycles. The van der Waals surface area contributed by atoms with Gasteiger partial charge in [0.1, 0.15) is 17.5 Å². The van der Waals surface area contributed by atoms with Crippen LogP contribution in [0, 0.1) is 26.7 Å². The van der Waals surface area contributed by atoms with E-state index in [1.165, 1.54) is 0 Å². The van der Waals surface area contributed by atoms with Crippen LogP contribution in [0.2, 0.25) is 0 Å². The maximum Gasteiger partial charge on any atom is 0.157 e. The summed E-state index contributed by atoms with van der Waals surface area (Å²) in [6.07, 6.45) is 0.346. The molecule has 2 fully saturated rings. The molecule has 140 valence electrons. The van der Waals surface area contributed by atoms with Crippen LogP contribution in [0.15, 0.2) is 12.1 Å². The zero-order valence-electron chi connectivity index (χ0n) is 15.6. The van der Waals surface area contributed by atoms with Crippen molar-refractivity contribution in [3.05, 3.63) is 34.4 Å². The lowest BCUT2D eigenvalue weighted by molar-refractivity contribution is -0.140. The largest absolute Gasteiger partial charge is 0.375 e. The molecule has 1 saturated carbocycles. The van der Waals surface area contributed by atoms with Crippen LogP contribution in [0.4, 0.5) is 4.39 Å². The molecule has 1 saturated heterocycles. The molecule has 5 heteroatoms. The van der Waals surface area contributed by atoms with Gasteiger partial charge in [-0.25, -0.2) is 4.39 Å². The van der Waals surface area contributed by atoms with E-state index >= 15 is 0 Å². The van der Waals surface area contributed by atoms with Crippen LogP contribution in [0.25, 0.3) is 0 Å². The first-order chi connectivity index (χ1) is 12.2. The smallest absolute Gasteiger partial charge is 0.157 e. The van der Waals surface area contributed by atoms with Gasteiger partial charge in [-0.05, 0) is 43.9 Å². The minimum atomic E-state index is -1.40. The van der Waals surface area contributed by atoms with Crippen molar-refractivity contribution in [1.82, 2.24) is 0 Å². The second-order valence-electron chi connectivity index (χ2n) is 7.90. The van der Waals surface area contributed by atoms with Crippen LogP contribution >= 0.6 is 0 Å². The van der Waals surface area contributed by atoms with Crippen molar-refractivity contribution in [1.29, 1.82) is 0 Å². The second-order valence-corrected chi connectivity index (χ2v) is 7.90. The number of benzene rings is 1. The Hall–Kier alpha value is -1.88. The Morgan fingerprint density at radius 1 is 1.19 bits per heavy atom. The van der Waals surface area contributed by atoms with E-state index in [1.807, 2.05) is 32.9 Å². The molecule has 2 atom stereocenters. The van der Waals surface area contributed by atoms with Crippen molar-refractivity contribution < 1.29 is 23.5 Å². The number of rotatable bonds is 6. The Morgan fingerprint density at radius 3 is 2.35 bits per heavy atom. The molecule has 0 radical (unpaired) electrons. The lowest BCUT2D eigenvalue weighted by Gasteiger charge is -2.33. The second kappa shape index (κ2) is 7.03. The number of hydrogen-bond donors (Lipinski definition) is 0. The molecule has 3 rings (SSSR count). The Bertz CT molecular complexity index is 740. The summed E-state index contributed by atoms with van der Waals surface area (Å²) in [6.45, 7) is 5.88. The van der Waals surface area contributed by atoms with Crippen molar-refractivity contribution in [2.75, 3.05) is 13.2 Å². The van der Waals surface area contributed by atoms with Crippen LogP contribution in [-0.2, 0) is 19.1 Å². The average molecular weight is 360 g/mol. The highest BCUT2D eigenvalue weighted by atomic mass is 19.1. The Morgan fingerprint density at radius 2 is 1.81 bits per heavy atom. The summed E-state index contributed by atoms with van der Waals surface area (Å²) < 4.78 is 18.8. The van der Waals surface area contributed by atoms with E-state index < -0.39 is 17.5 Å². The fourth-order valence-electron chi connectivity index (χ4n) is 4.19. The number of ketones is 3. The number of alkyl halides is 1. The summed E-state index contributed by atoms with van der Waals surface area (Å²) in [6, 6.07) is 3.95. The maximum absolute atomic E-state index is 13.9. The highest BCUT2D eigenvalue weighted by molar-refractivity contribution is 6.15. The van der Waals surface area contributed by atoms with Crippen LogP contribution < -0.4 is 0 Å². The summed E-state index contributed by atoms with van der Waals surface area (Å²) in [5.41, 5.74) is 2.35. The van der Waals surface area contributed by atoms with E-state index in [2.05, 4.69) is 0 Å². The van der Waals surface area contributed by atoms with Crippen molar-refractivity contribution in [2.45, 2.75) is 58.0 Å². The molecule has 0 aromatic heterocycles. The van der Waals surface area contributed by atoms with E-state index in [4.69, 9.17) is 4.74 Å². The number of ether oxygens (including phenoxy) is 1. The fraction of sp³-hybridized carbons (Fsp3) is 0.571. The molecule has 4 nitrogen and oxygen atoms in total. The molecule has 0 bridgehead atoms. The lowest BCUT2D eigenvalue weighted by Crippen LogP contribution is -2.45. The third-order valence-corrected chi connectivity index (χ3v) is 5.53. The molecular weight excluding hydrogens is 335 g/mol. The Kier molecular flexibility index (Phi) is 5.11. The number of hydrogen-bond acceptors (Lipinski definition) is 4. The van der Waals surface area contributed by atoms with Crippen molar-refractivity contribution in [3.63, 3.8) is 0 Å². The van der Waals surface area contributed by atoms with Crippen molar-refractivity contribution >= 4 is 17.3 Å². The van der Waals surface area contributed by atoms with E-state index in [9.17, 15) is 18.8 Å². The predicted octanol–water partition coefficient (Wildman–Crippen LogP) is 3.33. The van der Waals surface area contributed by atoms with Crippen LogP contribution in [0.3, 0.4) is 0 Å². The average Bonchev–Trinajstić information content (AvgIpc) is 2.78. The first-order valence-corrected chi connectivity index (χ1v) is 9.13. The van der Waals surface area contributed by atoms with Gasteiger partial charge in [0.25, 0.3) is 0 Å². The van der Waals surface area contributed by atoms with Gasteiger partial charge in [0.05, 0.1) is 13.2 Å². The summed E-state index contributed by atoms with van der Waals surface area (Å²) in [7, 11) is 0. The van der Waals surface area contributed by atoms with Crippen molar-refractivity contribution in [2.24, 2.45) is 5.92 Å². The van der Waals surface area contributed by atoms with Gasteiger partial charge in [-0.15, -0.1) is 0 Å². The number of carbonyl (C=O) groups excluding carboxylic acids is 3. The van der Waals surface area contributed by atoms with Gasteiger partial charge in [-0.3, -0.25) is 14.4 Å². The number of aryl methyl sites for hydroxylation is 3. The van der Waals surface area contributed by atoms with Gasteiger partial charge in [-0.1, -0.05) is 17.7 Å². The third-order valence-electron chi connectivity index (χ3n) is 5.53. The molecule has 0 N–H and O–H groups in total. The molecule has 2 unspecified atom stereocenters. The molecular formula is C21H25FO4. The van der Waals surface area contributed by atoms with E-state index in [0.717, 1.165) is 22.3 Å². The Balaban J connectivity index is 1.68. The molecule has 0 amide bonds. The highest BCUT2D eigenvalue weighted by Crippen LogP contribution is 2.38. The van der Waals surface area contributed by atoms with Gasteiger partial charge in [0.2, 0.25) is 0 Å². The van der Waals surface area contributed by atoms with Crippen LogP contribution in [-0.4, -0.2) is 36.2 Å². The highest BCUT2D eigenvalue weighted by Gasteiger charge is 2.44. The molecule has 26 heavy (non-hydrogen) atoms. The SMILES string of the molecule is Cc1cc(C)c(C2C(=O)CC(CC(=O)CCC3(F)COC3)C2=O)c(C)c1. The number of carbonyl (C=O) groups is 3. The van der Waals surface area contributed by atoms with Crippen molar-refractivity contribution in [3.8, 4) is 0 Å². The van der Waals surface area contributed by atoms with Gasteiger partial charge >= 0.3 is 0 Å². The molecule has 2 aliphatic rings. The van der Waals surface area contributed by atoms with E-state index in [1.54, 1.807) is 0 Å². The van der Waals surface area contributed by atoms with E-state index in [-0.39, 0.29) is 56.2 Å². The van der Waals surface area contributed by atoms with Gasteiger partial charge in [0, 0.05) is 25.2 Å². The molecule has 1 aliphatic heterocycles. The summed E-state index contributed by atoms with van der Waals surface area (Å²) in [5, 5.41) is 0. The monoisotopic (exact) mass is 360 g/mol. The van der Waals surface area contributed by atoms with Gasteiger partial charge in [-0.2, -0.15) is 0 Å². The van der Waals surface area contributed by atoms with Gasteiger partial charge < -0.3 is 4.74 Å². The maximum atomic E-state index is 13.9. The molecule has 0 spiro atoms. The standard InChI is InChI=1S/C21H25FO4/c1-12-6-13(2)18(14(3)7-12)19-17(24)9-15(20(19)25)8-16(23)4-5-21(22)10-26-11-21/h6-7,15,19H,4-5,8-11H2,1-3H3. The minimum absolute atomic E-state index is 0.0297. The zero-order valence-corrected chi connectivity index (χ0v) is 15.6. The zero-order chi connectivity index (χ0) is 19.1. The Labute approximate surface area is 153 Å².